The summed E-state index contributed by atoms with van der Waals surface area (Å²) < 4.78 is 28.2. The summed E-state index contributed by atoms with van der Waals surface area (Å²) in [6, 6.07) is 1.11. The van der Waals surface area contributed by atoms with Gasteiger partial charge in [0.2, 0.25) is 10.0 Å². The molecule has 6 heteroatoms. The van der Waals surface area contributed by atoms with Gasteiger partial charge in [-0.25, -0.2) is 13.6 Å². The van der Waals surface area contributed by atoms with Crippen molar-refractivity contribution < 1.29 is 13.2 Å². The molecule has 0 saturated carbocycles. The summed E-state index contributed by atoms with van der Waals surface area (Å²) in [5.74, 6) is -0.0214. The Hall–Kier alpha value is -0.170. The van der Waals surface area contributed by atoms with E-state index in [1.807, 2.05) is 0 Å². The number of hydrogen-bond donors (Lipinski definition) is 2. The van der Waals surface area contributed by atoms with Gasteiger partial charge >= 0.3 is 0 Å². The van der Waals surface area contributed by atoms with E-state index in [0.717, 1.165) is 19.3 Å². The number of ether oxygens (including phenoxy) is 1. The van der Waals surface area contributed by atoms with Gasteiger partial charge < -0.3 is 10.1 Å². The van der Waals surface area contributed by atoms with Gasteiger partial charge in [0, 0.05) is 24.1 Å². The zero-order chi connectivity index (χ0) is 12.1. The molecule has 0 aromatic rings. The van der Waals surface area contributed by atoms with E-state index in [1.165, 1.54) is 12.8 Å². The Bertz CT molecular complexity index is 397. The van der Waals surface area contributed by atoms with Crippen LogP contribution >= 0.6 is 0 Å². The Morgan fingerprint density at radius 2 is 1.94 bits per heavy atom. The average Bonchev–Trinajstić information content (AvgIpc) is 2.71. The maximum atomic E-state index is 11.3. The summed E-state index contributed by atoms with van der Waals surface area (Å²) in [5.41, 5.74) is 0.0591. The largest absolute Gasteiger partial charge is 0.377 e. The second-order valence-corrected chi connectivity index (χ2v) is 7.51. The summed E-state index contributed by atoms with van der Waals surface area (Å²) >= 11 is 0. The molecule has 3 rings (SSSR count). The summed E-state index contributed by atoms with van der Waals surface area (Å²) in [4.78, 5) is 0. The molecule has 3 N–H and O–H groups in total. The van der Waals surface area contributed by atoms with E-state index >= 15 is 0 Å². The fourth-order valence-corrected chi connectivity index (χ4v) is 4.81. The fourth-order valence-electron chi connectivity index (χ4n) is 3.93. The van der Waals surface area contributed by atoms with Gasteiger partial charge in [0.25, 0.3) is 0 Å². The van der Waals surface area contributed by atoms with Gasteiger partial charge in [-0.3, -0.25) is 0 Å². The lowest BCUT2D eigenvalue weighted by Crippen LogP contribution is -2.50. The van der Waals surface area contributed by atoms with Crippen molar-refractivity contribution in [1.82, 2.24) is 5.32 Å². The zero-order valence-corrected chi connectivity index (χ0v) is 10.7. The third kappa shape index (κ3) is 2.23. The summed E-state index contributed by atoms with van der Waals surface area (Å²) in [7, 11) is -3.44. The minimum absolute atomic E-state index is 0.0214. The van der Waals surface area contributed by atoms with Gasteiger partial charge in [-0.05, 0) is 32.1 Å². The Morgan fingerprint density at radius 3 is 2.53 bits per heavy atom. The van der Waals surface area contributed by atoms with Crippen molar-refractivity contribution in [2.45, 2.75) is 50.3 Å². The Kier molecular flexibility index (Phi) is 2.74. The first kappa shape index (κ1) is 11.9. The van der Waals surface area contributed by atoms with Crippen molar-refractivity contribution in [2.24, 2.45) is 10.6 Å². The van der Waals surface area contributed by atoms with Gasteiger partial charge in [0.1, 0.15) is 0 Å². The predicted octanol–water partition coefficient (Wildman–Crippen LogP) is -0.0354. The van der Waals surface area contributed by atoms with E-state index in [2.05, 4.69) is 5.32 Å². The number of fused-ring (bicyclic) bond motifs is 2. The van der Waals surface area contributed by atoms with Crippen LogP contribution < -0.4 is 10.5 Å². The molecule has 3 unspecified atom stereocenters. The van der Waals surface area contributed by atoms with Crippen LogP contribution in [0, 0.1) is 5.41 Å². The highest BCUT2D eigenvalue weighted by atomic mass is 32.2. The van der Waals surface area contributed by atoms with Crippen LogP contribution in [0.1, 0.15) is 32.1 Å². The molecule has 3 aliphatic heterocycles. The third-order valence-corrected chi connectivity index (χ3v) is 5.39. The Labute approximate surface area is 102 Å². The van der Waals surface area contributed by atoms with Gasteiger partial charge in [-0.1, -0.05) is 0 Å². The molecule has 0 aromatic carbocycles. The molecule has 0 radical (unpaired) electrons. The van der Waals surface area contributed by atoms with E-state index in [9.17, 15) is 8.42 Å². The van der Waals surface area contributed by atoms with Crippen LogP contribution in [0.25, 0.3) is 0 Å². The van der Waals surface area contributed by atoms with Crippen LogP contribution in [0.2, 0.25) is 0 Å². The number of primary sulfonamides is 1. The molecule has 1 spiro atoms. The maximum Gasteiger partial charge on any atom is 0.211 e. The van der Waals surface area contributed by atoms with E-state index in [0.29, 0.717) is 18.7 Å². The fraction of sp³-hybridized carbons (Fsp3) is 1.00. The van der Waals surface area contributed by atoms with Crippen molar-refractivity contribution in [3.63, 3.8) is 0 Å². The lowest BCUT2D eigenvalue weighted by Gasteiger charge is -2.41. The number of nitrogens with two attached hydrogens (primary N) is 1. The SMILES string of the molecule is NS(=O)(=O)CC1OCCC12CC1CCC(C2)N1. The smallest absolute Gasteiger partial charge is 0.211 e. The van der Waals surface area contributed by atoms with E-state index < -0.39 is 10.0 Å². The Morgan fingerprint density at radius 1 is 1.29 bits per heavy atom. The second-order valence-electron chi connectivity index (χ2n) is 5.85. The summed E-state index contributed by atoms with van der Waals surface area (Å²) in [5, 5.41) is 8.76. The lowest BCUT2D eigenvalue weighted by molar-refractivity contribution is 0.0365. The zero-order valence-electron chi connectivity index (χ0n) is 9.89. The van der Waals surface area contributed by atoms with Crippen LogP contribution in [0.4, 0.5) is 0 Å². The van der Waals surface area contributed by atoms with Crippen LogP contribution in [0.15, 0.2) is 0 Å². The molecular weight excluding hydrogens is 240 g/mol. The molecule has 17 heavy (non-hydrogen) atoms. The van der Waals surface area contributed by atoms with Gasteiger partial charge in [0.15, 0.2) is 0 Å². The lowest BCUT2D eigenvalue weighted by atomic mass is 9.71. The monoisotopic (exact) mass is 260 g/mol. The molecule has 3 fully saturated rings. The third-order valence-electron chi connectivity index (χ3n) is 4.63. The number of hydrogen-bond acceptors (Lipinski definition) is 4. The van der Waals surface area contributed by atoms with Crippen molar-refractivity contribution in [3.05, 3.63) is 0 Å². The summed E-state index contributed by atoms with van der Waals surface area (Å²) in [6.45, 7) is 0.680. The van der Waals surface area contributed by atoms with Crippen molar-refractivity contribution in [2.75, 3.05) is 12.4 Å². The molecule has 3 aliphatic rings. The quantitative estimate of drug-likeness (QED) is 0.730. The molecule has 98 valence electrons. The molecule has 0 aromatic heterocycles. The van der Waals surface area contributed by atoms with Crippen LogP contribution in [-0.4, -0.2) is 39.0 Å². The van der Waals surface area contributed by atoms with E-state index in [1.54, 1.807) is 0 Å². The highest BCUT2D eigenvalue weighted by Crippen LogP contribution is 2.49. The van der Waals surface area contributed by atoms with Gasteiger partial charge in [-0.2, -0.15) is 0 Å². The molecule has 3 heterocycles. The predicted molar refractivity (Wildman–Crippen MR) is 63.9 cm³/mol. The minimum Gasteiger partial charge on any atom is -0.377 e. The molecular formula is C11H20N2O3S. The van der Waals surface area contributed by atoms with Crippen LogP contribution in [0.5, 0.6) is 0 Å². The number of rotatable bonds is 2. The number of sulfonamides is 1. The first-order valence-electron chi connectivity index (χ1n) is 6.35. The van der Waals surface area contributed by atoms with Crippen LogP contribution in [-0.2, 0) is 14.8 Å². The van der Waals surface area contributed by atoms with Crippen molar-refractivity contribution >= 4 is 10.0 Å². The first-order chi connectivity index (χ1) is 7.97. The van der Waals surface area contributed by atoms with E-state index in [-0.39, 0.29) is 17.3 Å². The molecule has 3 atom stereocenters. The highest BCUT2D eigenvalue weighted by Gasteiger charge is 2.51. The molecule has 2 bridgehead atoms. The van der Waals surface area contributed by atoms with Gasteiger partial charge in [-0.15, -0.1) is 0 Å². The van der Waals surface area contributed by atoms with Crippen molar-refractivity contribution in [3.8, 4) is 0 Å². The maximum absolute atomic E-state index is 11.3. The van der Waals surface area contributed by atoms with Gasteiger partial charge in [0.05, 0.1) is 11.9 Å². The number of piperidine rings is 1. The molecule has 0 amide bonds. The first-order valence-corrected chi connectivity index (χ1v) is 8.07. The normalized spacial score (nSPS) is 45.6. The standard InChI is InChI=1S/C11H20N2O3S/c12-17(14,15)7-10-11(3-4-16-10)5-8-1-2-9(6-11)13-8/h8-10,13H,1-7H2,(H2,12,14,15). The van der Waals surface area contributed by atoms with Crippen molar-refractivity contribution in [1.29, 1.82) is 0 Å². The Balaban J connectivity index is 1.81. The number of nitrogens with one attached hydrogen (secondary N) is 1. The summed E-state index contributed by atoms with van der Waals surface area (Å²) in [6.07, 6.45) is 5.32. The second kappa shape index (κ2) is 3.91. The molecule has 5 nitrogen and oxygen atoms in total. The van der Waals surface area contributed by atoms with E-state index in [4.69, 9.17) is 9.88 Å². The molecule has 3 saturated heterocycles. The molecule has 0 aliphatic carbocycles. The average molecular weight is 260 g/mol. The highest BCUT2D eigenvalue weighted by molar-refractivity contribution is 7.89. The topological polar surface area (TPSA) is 81.4 Å². The minimum atomic E-state index is -3.44. The van der Waals surface area contributed by atoms with Crippen LogP contribution in [0.3, 0.4) is 0 Å².